The van der Waals surface area contributed by atoms with Crippen molar-refractivity contribution >= 4 is 16.8 Å². The van der Waals surface area contributed by atoms with Gasteiger partial charge in [-0.1, -0.05) is 30.3 Å². The zero-order valence-corrected chi connectivity index (χ0v) is 15.5. The fourth-order valence-electron chi connectivity index (χ4n) is 3.88. The molecule has 3 heterocycles. The molecule has 0 saturated heterocycles. The molecule has 0 fully saturated rings. The molecule has 5 rings (SSSR count). The Morgan fingerprint density at radius 1 is 1.21 bits per heavy atom. The van der Waals surface area contributed by atoms with E-state index in [1.807, 2.05) is 43.4 Å². The summed E-state index contributed by atoms with van der Waals surface area (Å²) in [4.78, 5) is 12.7. The molecular weight excluding hydrogens is 352 g/mol. The molecule has 6 heteroatoms. The zero-order chi connectivity index (χ0) is 19.1. The second-order valence-corrected chi connectivity index (χ2v) is 7.00. The van der Waals surface area contributed by atoms with Crippen molar-refractivity contribution in [2.24, 2.45) is 7.05 Å². The first-order valence-electron chi connectivity index (χ1n) is 9.33. The van der Waals surface area contributed by atoms with Crippen LogP contribution in [0.1, 0.15) is 21.6 Å². The number of carbonyl (C=O) groups is 1. The van der Waals surface area contributed by atoms with Gasteiger partial charge in [-0.25, -0.2) is 0 Å². The number of nitrogens with zero attached hydrogens (tertiary/aromatic N) is 2. The van der Waals surface area contributed by atoms with E-state index in [9.17, 15) is 4.79 Å². The lowest BCUT2D eigenvalue weighted by molar-refractivity contribution is 0.0946. The van der Waals surface area contributed by atoms with Gasteiger partial charge in [0.15, 0.2) is 0 Å². The number of hydrogen-bond acceptors (Lipinski definition) is 3. The van der Waals surface area contributed by atoms with Gasteiger partial charge >= 0.3 is 0 Å². The number of nitrogens with one attached hydrogen (secondary N) is 2. The predicted octanol–water partition coefficient (Wildman–Crippen LogP) is 3.43. The summed E-state index contributed by atoms with van der Waals surface area (Å²) in [6, 6.07) is 16.0. The molecule has 1 amide bonds. The topological polar surface area (TPSA) is 71.9 Å². The van der Waals surface area contributed by atoms with E-state index in [-0.39, 0.29) is 5.91 Å². The number of H-pyrrole nitrogens is 1. The highest BCUT2D eigenvalue weighted by Crippen LogP contribution is 2.36. The molecular formula is C22H20N4O2. The minimum Gasteiger partial charge on any atom is -0.488 e. The Morgan fingerprint density at radius 3 is 2.96 bits per heavy atom. The quantitative estimate of drug-likeness (QED) is 0.576. The summed E-state index contributed by atoms with van der Waals surface area (Å²) in [6.45, 7) is 0.896. The number of benzene rings is 2. The van der Waals surface area contributed by atoms with E-state index in [1.54, 1.807) is 0 Å². The highest BCUT2D eigenvalue weighted by molar-refractivity contribution is 5.96. The molecule has 140 valence electrons. The highest BCUT2D eigenvalue weighted by atomic mass is 16.5. The summed E-state index contributed by atoms with van der Waals surface area (Å²) in [5, 5.41) is 11.5. The Hall–Kier alpha value is -3.54. The van der Waals surface area contributed by atoms with Crippen LogP contribution in [0.15, 0.2) is 54.7 Å². The molecule has 4 aromatic rings. The molecule has 0 radical (unpaired) electrons. The smallest absolute Gasteiger partial charge is 0.269 e. The van der Waals surface area contributed by atoms with Gasteiger partial charge in [-0.2, -0.15) is 5.10 Å². The lowest BCUT2D eigenvalue weighted by Crippen LogP contribution is -2.27. The summed E-state index contributed by atoms with van der Waals surface area (Å²) in [5.74, 6) is 0.640. The van der Waals surface area contributed by atoms with Crippen LogP contribution in [0.5, 0.6) is 5.75 Å². The number of ether oxygens (including phenoxy) is 1. The first-order valence-corrected chi connectivity index (χ1v) is 9.33. The fraction of sp³-hybridized carbons (Fsp3) is 0.182. The lowest BCUT2D eigenvalue weighted by atomic mass is 10.0. The fourth-order valence-corrected chi connectivity index (χ4v) is 3.88. The maximum absolute atomic E-state index is 12.7. The van der Waals surface area contributed by atoms with Crippen molar-refractivity contribution in [1.82, 2.24) is 20.1 Å². The summed E-state index contributed by atoms with van der Waals surface area (Å²) in [7, 11) is 2.04. The third kappa shape index (κ3) is 2.65. The van der Waals surface area contributed by atoms with Gasteiger partial charge in [-0.05, 0) is 30.2 Å². The second-order valence-electron chi connectivity index (χ2n) is 7.00. The molecule has 1 aliphatic rings. The Balaban J connectivity index is 1.32. The minimum absolute atomic E-state index is 0.156. The van der Waals surface area contributed by atoms with Gasteiger partial charge in [0.25, 0.3) is 5.91 Å². The minimum atomic E-state index is -0.156. The Bertz CT molecular complexity index is 1190. The molecule has 2 N–H and O–H groups in total. The lowest BCUT2D eigenvalue weighted by Gasteiger charge is -2.17. The molecule has 28 heavy (non-hydrogen) atoms. The van der Waals surface area contributed by atoms with Crippen molar-refractivity contribution in [2.45, 2.75) is 13.0 Å². The van der Waals surface area contributed by atoms with Crippen molar-refractivity contribution in [3.63, 3.8) is 0 Å². The summed E-state index contributed by atoms with van der Waals surface area (Å²) in [6.07, 6.45) is 2.89. The molecule has 1 aliphatic heterocycles. The van der Waals surface area contributed by atoms with Crippen molar-refractivity contribution in [3.8, 4) is 17.0 Å². The monoisotopic (exact) mass is 372 g/mol. The van der Waals surface area contributed by atoms with Crippen LogP contribution in [-0.4, -0.2) is 27.2 Å². The number of para-hydroxylation sites is 2. The second kappa shape index (κ2) is 6.56. The van der Waals surface area contributed by atoms with E-state index in [0.29, 0.717) is 18.8 Å². The number of amides is 1. The molecule has 0 saturated carbocycles. The largest absolute Gasteiger partial charge is 0.488 e. The van der Waals surface area contributed by atoms with Crippen LogP contribution in [0, 0.1) is 0 Å². The van der Waals surface area contributed by atoms with Crippen LogP contribution in [0.25, 0.3) is 22.2 Å². The number of aromatic amines is 1. The number of aryl methyl sites for hydroxylation is 1. The van der Waals surface area contributed by atoms with Crippen molar-refractivity contribution < 1.29 is 9.53 Å². The molecule has 2 aromatic carbocycles. The number of hydrogen-bond donors (Lipinski definition) is 2. The van der Waals surface area contributed by atoms with E-state index >= 15 is 0 Å². The van der Waals surface area contributed by atoms with E-state index in [2.05, 4.69) is 38.4 Å². The van der Waals surface area contributed by atoms with Crippen LogP contribution >= 0.6 is 0 Å². The predicted molar refractivity (Wildman–Crippen MR) is 107 cm³/mol. The van der Waals surface area contributed by atoms with Gasteiger partial charge in [0.05, 0.1) is 0 Å². The van der Waals surface area contributed by atoms with Crippen LogP contribution in [-0.2, 0) is 20.1 Å². The van der Waals surface area contributed by atoms with E-state index in [1.165, 1.54) is 16.5 Å². The molecule has 6 nitrogen and oxygen atoms in total. The van der Waals surface area contributed by atoms with Crippen LogP contribution in [0.2, 0.25) is 0 Å². The Morgan fingerprint density at radius 2 is 2.04 bits per heavy atom. The van der Waals surface area contributed by atoms with Gasteiger partial charge < -0.3 is 14.6 Å². The average Bonchev–Trinajstić information content (AvgIpc) is 3.30. The molecule has 0 aliphatic carbocycles. The number of fused-ring (bicyclic) bond motifs is 4. The summed E-state index contributed by atoms with van der Waals surface area (Å²) in [5.41, 5.74) is 5.41. The first kappa shape index (κ1) is 16.6. The van der Waals surface area contributed by atoms with E-state index in [4.69, 9.17) is 4.74 Å². The Kier molecular flexibility index (Phi) is 3.90. The molecule has 2 aromatic heterocycles. The van der Waals surface area contributed by atoms with Crippen molar-refractivity contribution in [1.29, 1.82) is 0 Å². The van der Waals surface area contributed by atoms with Gasteiger partial charge in [0, 0.05) is 41.8 Å². The standard InChI is InChI=1S/C22H20N4O2/c1-26-12-14(15-6-2-4-8-18(15)26)10-11-23-22(27)21-17-13-28-19-9-5-3-7-16(19)20(17)24-25-21/h2-9,12H,10-11,13H2,1H3,(H,23,27)(H,24,25). The summed E-state index contributed by atoms with van der Waals surface area (Å²) >= 11 is 0. The first-order chi connectivity index (χ1) is 13.7. The van der Waals surface area contributed by atoms with Crippen molar-refractivity contribution in [3.05, 3.63) is 71.5 Å². The summed E-state index contributed by atoms with van der Waals surface area (Å²) < 4.78 is 7.90. The highest BCUT2D eigenvalue weighted by Gasteiger charge is 2.26. The van der Waals surface area contributed by atoms with Crippen LogP contribution in [0.4, 0.5) is 0 Å². The Labute approximate surface area is 162 Å². The molecule has 0 bridgehead atoms. The average molecular weight is 372 g/mol. The maximum Gasteiger partial charge on any atom is 0.269 e. The van der Waals surface area contributed by atoms with Gasteiger partial charge in [0.1, 0.15) is 23.7 Å². The SMILES string of the molecule is Cn1cc(CCNC(=O)c2[nH]nc3c2COc2ccccc2-3)c2ccccc21. The normalized spacial score (nSPS) is 12.3. The van der Waals surface area contributed by atoms with E-state index < -0.39 is 0 Å². The van der Waals surface area contributed by atoms with Gasteiger partial charge in [0.2, 0.25) is 0 Å². The van der Waals surface area contributed by atoms with Crippen molar-refractivity contribution in [2.75, 3.05) is 6.54 Å². The number of aromatic nitrogens is 3. The molecule has 0 atom stereocenters. The third-order valence-corrected chi connectivity index (χ3v) is 5.27. The van der Waals surface area contributed by atoms with Gasteiger partial charge in [-0.15, -0.1) is 0 Å². The molecule has 0 spiro atoms. The van der Waals surface area contributed by atoms with Gasteiger partial charge in [-0.3, -0.25) is 9.89 Å². The van der Waals surface area contributed by atoms with Crippen LogP contribution in [0.3, 0.4) is 0 Å². The third-order valence-electron chi connectivity index (χ3n) is 5.27. The number of rotatable bonds is 4. The van der Waals surface area contributed by atoms with Crippen LogP contribution < -0.4 is 10.1 Å². The van der Waals surface area contributed by atoms with E-state index in [0.717, 1.165) is 29.0 Å². The maximum atomic E-state index is 12.7. The number of carbonyl (C=O) groups excluding carboxylic acids is 1. The zero-order valence-electron chi connectivity index (χ0n) is 15.5. The molecule has 0 unspecified atom stereocenters.